The molecule has 0 saturated heterocycles. The van der Waals surface area contributed by atoms with E-state index in [1.54, 1.807) is 0 Å². The Bertz CT molecular complexity index is 866. The molecule has 0 bridgehead atoms. The third-order valence-electron chi connectivity index (χ3n) is 4.31. The molecule has 0 aromatic heterocycles. The Morgan fingerprint density at radius 1 is 0.611 bits per heavy atom. The third-order valence-corrected chi connectivity index (χ3v) is 5.89. The molecule has 22 heteroatoms. The van der Waals surface area contributed by atoms with Crippen molar-refractivity contribution in [3.63, 3.8) is 0 Å². The number of sulfonamides is 1. The predicted molar refractivity (Wildman–Crippen MR) is 81.2 cm³/mol. The second-order valence-corrected chi connectivity index (χ2v) is 8.73. The molecule has 0 aliphatic rings. The van der Waals surface area contributed by atoms with Gasteiger partial charge in [-0.3, -0.25) is 0 Å². The lowest BCUT2D eigenvalue weighted by Crippen LogP contribution is -2.75. The highest BCUT2D eigenvalue weighted by Gasteiger charge is 2.96. The molecule has 0 unspecified atom stereocenters. The highest BCUT2D eigenvalue weighted by molar-refractivity contribution is 7.90. The quantitative estimate of drug-likeness (QED) is 0.132. The van der Waals surface area contributed by atoms with Gasteiger partial charge in [0.15, 0.2) is 0 Å². The number of hydrogen-bond acceptors (Lipinski definition) is 2. The van der Waals surface area contributed by atoms with Crippen molar-refractivity contribution >= 4 is 10.0 Å². The lowest BCUT2D eigenvalue weighted by atomic mass is 9.91. The van der Waals surface area contributed by atoms with E-state index in [2.05, 4.69) is 0 Å². The summed E-state index contributed by atoms with van der Waals surface area (Å²) in [6.07, 6.45) is -7.47. The Balaban J connectivity index is 6.69. The van der Waals surface area contributed by atoms with E-state index < -0.39 is 68.1 Å². The zero-order valence-corrected chi connectivity index (χ0v) is 17.7. The van der Waals surface area contributed by atoms with Gasteiger partial charge >= 0.3 is 57.0 Å². The SMILES string of the molecule is CCCC[CH]CN(F)S(=O)(=O)C(F)(F)C(F)(F)C(F)(F)C(F)(F)C(F)(F)C(F)(F)C(F)(F)C(F)(F)F. The number of rotatable bonds is 13. The summed E-state index contributed by atoms with van der Waals surface area (Å²) in [6, 6.07) is 0. The largest absolute Gasteiger partial charge is 0.460 e. The molecule has 0 aromatic rings. The fraction of sp³-hybridized carbons (Fsp3) is 0.929. The summed E-state index contributed by atoms with van der Waals surface area (Å²) in [5, 5.41) is -7.89. The van der Waals surface area contributed by atoms with Crippen LogP contribution in [-0.2, 0) is 10.0 Å². The Labute approximate surface area is 189 Å². The Hall–Kier alpha value is -1.35. The van der Waals surface area contributed by atoms with Crippen LogP contribution < -0.4 is 0 Å². The summed E-state index contributed by atoms with van der Waals surface area (Å²) < 4.78 is 257. The normalized spacial score (nSPS) is 16.1. The minimum Gasteiger partial charge on any atom is -0.203 e. The molecule has 3 nitrogen and oxygen atoms in total. The van der Waals surface area contributed by atoms with Gasteiger partial charge in [-0.1, -0.05) is 19.8 Å². The molecular weight excluding hydrogens is 588 g/mol. The number of unbranched alkanes of at least 4 members (excludes halogenated alkanes) is 3. The van der Waals surface area contributed by atoms with Gasteiger partial charge in [-0.25, -0.2) is 8.42 Å². The van der Waals surface area contributed by atoms with Gasteiger partial charge in [0.1, 0.15) is 0 Å². The molecule has 0 aliphatic heterocycles. The molecule has 0 heterocycles. The average Bonchev–Trinajstić information content (AvgIpc) is 2.68. The van der Waals surface area contributed by atoms with Crippen LogP contribution in [0.5, 0.6) is 0 Å². The average molecular weight is 600 g/mol. The van der Waals surface area contributed by atoms with Gasteiger partial charge in [0.2, 0.25) is 0 Å². The first-order valence-corrected chi connectivity index (χ1v) is 10.1. The van der Waals surface area contributed by atoms with Crippen LogP contribution in [0.1, 0.15) is 26.2 Å². The van der Waals surface area contributed by atoms with Crippen molar-refractivity contribution in [1.82, 2.24) is 4.53 Å². The first kappa shape index (κ1) is 34.6. The maximum atomic E-state index is 13.7. The molecular formula is C14H12F18NO2S. The highest BCUT2D eigenvalue weighted by Crippen LogP contribution is 2.64. The standard InChI is InChI=1S/C14H12F18NO2S/c1-2-3-4-5-6-33(32)36(34,35)14(30,31)12(25,26)10(21,22)8(17,18)7(15,16)9(19,20)11(23,24)13(27,28)29/h5H,2-4,6H2,1H3. The van der Waals surface area contributed by atoms with Crippen LogP contribution in [0.3, 0.4) is 0 Å². The number of nitrogens with zero attached hydrogens (tertiary/aromatic N) is 1. The van der Waals surface area contributed by atoms with E-state index in [-0.39, 0.29) is 19.3 Å². The molecule has 1 radical (unpaired) electrons. The zero-order chi connectivity index (χ0) is 29.6. The minimum absolute atomic E-state index is 0.0799. The van der Waals surface area contributed by atoms with E-state index in [0.29, 0.717) is 6.42 Å². The maximum absolute atomic E-state index is 13.7. The summed E-state index contributed by atoms with van der Waals surface area (Å²) in [6.45, 7) is -0.472. The van der Waals surface area contributed by atoms with Crippen LogP contribution in [0.25, 0.3) is 0 Å². The summed E-state index contributed by atoms with van der Waals surface area (Å²) >= 11 is 0. The van der Waals surface area contributed by atoms with Crippen molar-refractivity contribution in [3.05, 3.63) is 6.42 Å². The van der Waals surface area contributed by atoms with Gasteiger partial charge in [-0.2, -0.15) is 74.6 Å². The molecule has 0 aliphatic carbocycles. The van der Waals surface area contributed by atoms with Crippen molar-refractivity contribution in [2.45, 2.75) is 73.2 Å². The van der Waals surface area contributed by atoms with Gasteiger partial charge < -0.3 is 0 Å². The zero-order valence-electron chi connectivity index (χ0n) is 16.9. The summed E-state index contributed by atoms with van der Waals surface area (Å²) in [5.74, 6) is -52.3. The van der Waals surface area contributed by atoms with Crippen LogP contribution in [-0.4, -0.2) is 66.5 Å². The maximum Gasteiger partial charge on any atom is 0.460 e. The van der Waals surface area contributed by atoms with E-state index in [1.807, 2.05) is 0 Å². The van der Waals surface area contributed by atoms with E-state index in [0.717, 1.165) is 0 Å². The number of halogens is 18. The van der Waals surface area contributed by atoms with E-state index in [4.69, 9.17) is 0 Å². The van der Waals surface area contributed by atoms with Crippen LogP contribution in [0.4, 0.5) is 79.1 Å². The molecule has 0 fully saturated rings. The van der Waals surface area contributed by atoms with Crippen molar-refractivity contribution < 1.29 is 87.5 Å². The number of hydrogen-bond donors (Lipinski definition) is 0. The van der Waals surface area contributed by atoms with Gasteiger partial charge in [0, 0.05) is 6.54 Å². The second kappa shape index (κ2) is 9.75. The lowest BCUT2D eigenvalue weighted by molar-refractivity contribution is -0.458. The van der Waals surface area contributed by atoms with Crippen LogP contribution in [0, 0.1) is 6.42 Å². The molecule has 0 amide bonds. The van der Waals surface area contributed by atoms with E-state index in [9.17, 15) is 87.5 Å². The monoisotopic (exact) mass is 600 g/mol. The first-order valence-electron chi connectivity index (χ1n) is 8.69. The molecule has 36 heavy (non-hydrogen) atoms. The molecule has 0 spiro atoms. The van der Waals surface area contributed by atoms with E-state index in [1.165, 1.54) is 6.92 Å². The molecule has 0 atom stereocenters. The highest BCUT2D eigenvalue weighted by atomic mass is 32.2. The van der Waals surface area contributed by atoms with Crippen LogP contribution in [0.2, 0.25) is 0 Å². The number of alkyl halides is 17. The minimum atomic E-state index is -8.95. The molecule has 0 saturated carbocycles. The summed E-state index contributed by atoms with van der Waals surface area (Å²) in [7, 11) is -7.88. The Morgan fingerprint density at radius 3 is 1.28 bits per heavy atom. The summed E-state index contributed by atoms with van der Waals surface area (Å²) in [4.78, 5) is 0. The van der Waals surface area contributed by atoms with Crippen molar-refractivity contribution in [2.75, 3.05) is 6.54 Å². The fourth-order valence-electron chi connectivity index (χ4n) is 2.08. The van der Waals surface area contributed by atoms with Gasteiger partial charge in [0.25, 0.3) is 0 Å². The molecule has 0 N–H and O–H groups in total. The predicted octanol–water partition coefficient (Wildman–Crippen LogP) is 6.86. The molecule has 0 rings (SSSR count). The van der Waals surface area contributed by atoms with Crippen molar-refractivity contribution in [3.8, 4) is 0 Å². The van der Waals surface area contributed by atoms with Gasteiger partial charge in [-0.05, 0) is 17.4 Å². The Kier molecular flexibility index (Phi) is 9.39. The smallest absolute Gasteiger partial charge is 0.203 e. The molecule has 217 valence electrons. The van der Waals surface area contributed by atoms with E-state index >= 15 is 0 Å². The third kappa shape index (κ3) is 4.79. The first-order chi connectivity index (χ1) is 15.5. The van der Waals surface area contributed by atoms with Crippen LogP contribution >= 0.6 is 0 Å². The van der Waals surface area contributed by atoms with Crippen molar-refractivity contribution in [1.29, 1.82) is 0 Å². The lowest BCUT2D eigenvalue weighted by Gasteiger charge is -2.42. The van der Waals surface area contributed by atoms with Crippen LogP contribution in [0.15, 0.2) is 0 Å². The van der Waals surface area contributed by atoms with Crippen molar-refractivity contribution in [2.24, 2.45) is 0 Å². The fourth-order valence-corrected chi connectivity index (χ4v) is 3.08. The van der Waals surface area contributed by atoms with Gasteiger partial charge in [-0.15, -0.1) is 4.48 Å². The molecule has 0 aromatic carbocycles. The topological polar surface area (TPSA) is 37.4 Å². The Morgan fingerprint density at radius 2 is 0.944 bits per heavy atom. The summed E-state index contributed by atoms with van der Waals surface area (Å²) in [5.41, 5.74) is 0. The van der Waals surface area contributed by atoms with Gasteiger partial charge in [0.05, 0.1) is 0 Å². The second-order valence-electron chi connectivity index (χ2n) is 6.87.